The molecule has 1 amide bonds. The van der Waals surface area contributed by atoms with Crippen LogP contribution in [-0.2, 0) is 0 Å². The number of hydrogen-bond acceptors (Lipinski definition) is 2. The molecule has 0 bridgehead atoms. The fourth-order valence-corrected chi connectivity index (χ4v) is 2.01. The Hall–Kier alpha value is -1.88. The zero-order valence-electron chi connectivity index (χ0n) is 10.7. The first kappa shape index (κ1) is 13.5. The normalized spacial score (nSPS) is 12.6. The number of amides is 1. The van der Waals surface area contributed by atoms with Gasteiger partial charge in [0.05, 0.1) is 0 Å². The number of hydrogen-bond donors (Lipinski definition) is 3. The van der Waals surface area contributed by atoms with Crippen molar-refractivity contribution in [2.45, 2.75) is 25.8 Å². The van der Waals surface area contributed by atoms with Crippen LogP contribution in [0.5, 0.6) is 0 Å². The molecule has 1 aromatic heterocycles. The van der Waals surface area contributed by atoms with Crippen molar-refractivity contribution in [2.24, 2.45) is 0 Å². The summed E-state index contributed by atoms with van der Waals surface area (Å²) >= 11 is 0. The Bertz CT molecular complexity index is 580. The molecule has 0 saturated carbocycles. The standard InChI is InChI=1S/C14H17FN2O2/c1-9(4-3-7-18)16-14(19)13-8-10-11(15)5-2-6-12(10)17-13/h2,5-6,8-9,17-18H,3-4,7H2,1H3,(H,16,19)/t9-/m1/s1. The highest BCUT2D eigenvalue weighted by Gasteiger charge is 2.13. The van der Waals surface area contributed by atoms with Gasteiger partial charge in [-0.25, -0.2) is 4.39 Å². The molecule has 0 saturated heterocycles. The van der Waals surface area contributed by atoms with E-state index in [1.807, 2.05) is 6.92 Å². The summed E-state index contributed by atoms with van der Waals surface area (Å²) in [5.74, 6) is -0.609. The number of aromatic nitrogens is 1. The highest BCUT2D eigenvalue weighted by molar-refractivity contribution is 5.98. The van der Waals surface area contributed by atoms with Crippen molar-refractivity contribution in [2.75, 3.05) is 6.61 Å². The topological polar surface area (TPSA) is 65.1 Å². The van der Waals surface area contributed by atoms with Gasteiger partial charge >= 0.3 is 0 Å². The molecule has 1 heterocycles. The number of fused-ring (bicyclic) bond motifs is 1. The number of carbonyl (C=O) groups excluding carboxylic acids is 1. The second-order valence-corrected chi connectivity index (χ2v) is 4.62. The van der Waals surface area contributed by atoms with E-state index in [1.54, 1.807) is 12.1 Å². The van der Waals surface area contributed by atoms with Crippen LogP contribution in [0.4, 0.5) is 4.39 Å². The lowest BCUT2D eigenvalue weighted by molar-refractivity contribution is 0.0932. The van der Waals surface area contributed by atoms with Crippen molar-refractivity contribution in [3.8, 4) is 0 Å². The van der Waals surface area contributed by atoms with Crippen LogP contribution in [0.1, 0.15) is 30.3 Å². The summed E-state index contributed by atoms with van der Waals surface area (Å²) < 4.78 is 13.5. The minimum absolute atomic E-state index is 0.0316. The van der Waals surface area contributed by atoms with Crippen LogP contribution in [0.15, 0.2) is 24.3 Å². The molecule has 4 nitrogen and oxygen atoms in total. The maximum atomic E-state index is 13.5. The number of benzene rings is 1. The first-order valence-corrected chi connectivity index (χ1v) is 6.30. The lowest BCUT2D eigenvalue weighted by Crippen LogP contribution is -2.32. The van der Waals surface area contributed by atoms with Gasteiger partial charge in [-0.3, -0.25) is 4.79 Å². The van der Waals surface area contributed by atoms with Gasteiger partial charge in [0.15, 0.2) is 0 Å². The average Bonchev–Trinajstić information content (AvgIpc) is 2.82. The van der Waals surface area contributed by atoms with Gasteiger partial charge in [-0.05, 0) is 38.0 Å². The lowest BCUT2D eigenvalue weighted by Gasteiger charge is -2.12. The van der Waals surface area contributed by atoms with Gasteiger partial charge in [-0.15, -0.1) is 0 Å². The van der Waals surface area contributed by atoms with Crippen LogP contribution < -0.4 is 5.32 Å². The van der Waals surface area contributed by atoms with Gasteiger partial charge < -0.3 is 15.4 Å². The third kappa shape index (κ3) is 3.12. The zero-order valence-corrected chi connectivity index (χ0v) is 10.7. The number of aliphatic hydroxyl groups is 1. The van der Waals surface area contributed by atoms with E-state index in [2.05, 4.69) is 10.3 Å². The number of nitrogens with one attached hydrogen (secondary N) is 2. The quantitative estimate of drug-likeness (QED) is 0.775. The Morgan fingerprint density at radius 2 is 2.32 bits per heavy atom. The number of aliphatic hydroxyl groups excluding tert-OH is 1. The molecular weight excluding hydrogens is 247 g/mol. The van der Waals surface area contributed by atoms with E-state index < -0.39 is 0 Å². The predicted octanol–water partition coefficient (Wildman–Crippen LogP) is 2.20. The molecule has 0 aliphatic rings. The monoisotopic (exact) mass is 264 g/mol. The van der Waals surface area contributed by atoms with Crippen molar-refractivity contribution in [3.63, 3.8) is 0 Å². The Labute approximate surface area is 110 Å². The zero-order chi connectivity index (χ0) is 13.8. The van der Waals surface area contributed by atoms with Gasteiger partial charge in [0, 0.05) is 23.6 Å². The molecule has 2 aromatic rings. The fraction of sp³-hybridized carbons (Fsp3) is 0.357. The first-order valence-electron chi connectivity index (χ1n) is 6.30. The second kappa shape index (κ2) is 5.84. The van der Waals surface area contributed by atoms with Gasteiger partial charge in [-0.1, -0.05) is 6.07 Å². The average molecular weight is 264 g/mol. The molecule has 0 radical (unpaired) electrons. The van der Waals surface area contributed by atoms with Gasteiger partial charge in [0.1, 0.15) is 11.5 Å². The molecule has 2 rings (SSSR count). The molecule has 0 aliphatic heterocycles. The van der Waals surface area contributed by atoms with E-state index in [4.69, 9.17) is 5.11 Å². The molecule has 19 heavy (non-hydrogen) atoms. The molecule has 0 fully saturated rings. The largest absolute Gasteiger partial charge is 0.396 e. The Balaban J connectivity index is 2.11. The Morgan fingerprint density at radius 1 is 1.53 bits per heavy atom. The smallest absolute Gasteiger partial charge is 0.267 e. The highest BCUT2D eigenvalue weighted by atomic mass is 19.1. The summed E-state index contributed by atoms with van der Waals surface area (Å²) in [6.07, 6.45) is 1.35. The SMILES string of the molecule is C[C@H](CCCO)NC(=O)c1cc2c(F)cccc2[nH]1. The van der Waals surface area contributed by atoms with Crippen LogP contribution in [0.25, 0.3) is 10.9 Å². The maximum Gasteiger partial charge on any atom is 0.267 e. The minimum atomic E-state index is -0.346. The molecule has 1 atom stereocenters. The Morgan fingerprint density at radius 3 is 3.00 bits per heavy atom. The molecule has 0 aliphatic carbocycles. The van der Waals surface area contributed by atoms with Crippen molar-refractivity contribution >= 4 is 16.8 Å². The molecular formula is C14H17FN2O2. The van der Waals surface area contributed by atoms with Gasteiger partial charge in [0.25, 0.3) is 5.91 Å². The number of rotatable bonds is 5. The summed E-state index contributed by atoms with van der Waals surface area (Å²) in [5.41, 5.74) is 0.948. The van der Waals surface area contributed by atoms with Crippen molar-refractivity contribution in [1.29, 1.82) is 0 Å². The maximum absolute atomic E-state index is 13.5. The third-order valence-electron chi connectivity index (χ3n) is 3.03. The summed E-state index contributed by atoms with van der Waals surface area (Å²) in [7, 11) is 0. The number of H-pyrrole nitrogens is 1. The van der Waals surface area contributed by atoms with Crippen LogP contribution in [0.2, 0.25) is 0 Å². The van der Waals surface area contributed by atoms with Gasteiger partial charge in [-0.2, -0.15) is 0 Å². The van der Waals surface area contributed by atoms with Crippen LogP contribution in [0, 0.1) is 5.82 Å². The van der Waals surface area contributed by atoms with Crippen LogP contribution in [0.3, 0.4) is 0 Å². The van der Waals surface area contributed by atoms with E-state index in [0.29, 0.717) is 29.4 Å². The molecule has 5 heteroatoms. The Kier molecular flexibility index (Phi) is 4.16. The van der Waals surface area contributed by atoms with Crippen molar-refractivity contribution < 1.29 is 14.3 Å². The van der Waals surface area contributed by atoms with E-state index in [1.165, 1.54) is 12.1 Å². The van der Waals surface area contributed by atoms with E-state index in [-0.39, 0.29) is 24.4 Å². The molecule has 3 N–H and O–H groups in total. The first-order chi connectivity index (χ1) is 9.11. The second-order valence-electron chi connectivity index (χ2n) is 4.62. The van der Waals surface area contributed by atoms with Crippen LogP contribution in [-0.4, -0.2) is 28.6 Å². The van der Waals surface area contributed by atoms with E-state index >= 15 is 0 Å². The number of carbonyl (C=O) groups is 1. The van der Waals surface area contributed by atoms with E-state index in [0.717, 1.165) is 0 Å². The van der Waals surface area contributed by atoms with Crippen molar-refractivity contribution in [3.05, 3.63) is 35.8 Å². The summed E-state index contributed by atoms with van der Waals surface area (Å²) in [6, 6.07) is 6.17. The van der Waals surface area contributed by atoms with Crippen molar-refractivity contribution in [1.82, 2.24) is 10.3 Å². The summed E-state index contributed by atoms with van der Waals surface area (Å²) in [6.45, 7) is 1.98. The van der Waals surface area contributed by atoms with E-state index in [9.17, 15) is 9.18 Å². The number of aromatic amines is 1. The molecule has 0 spiro atoms. The molecule has 102 valence electrons. The summed E-state index contributed by atoms with van der Waals surface area (Å²) in [5, 5.41) is 12.0. The fourth-order valence-electron chi connectivity index (χ4n) is 2.01. The third-order valence-corrected chi connectivity index (χ3v) is 3.03. The predicted molar refractivity (Wildman–Crippen MR) is 71.5 cm³/mol. The van der Waals surface area contributed by atoms with Gasteiger partial charge in [0.2, 0.25) is 0 Å². The molecule has 0 unspecified atom stereocenters. The lowest BCUT2D eigenvalue weighted by atomic mass is 10.2. The highest BCUT2D eigenvalue weighted by Crippen LogP contribution is 2.18. The molecule has 1 aromatic carbocycles. The minimum Gasteiger partial charge on any atom is -0.396 e. The summed E-state index contributed by atoms with van der Waals surface area (Å²) in [4.78, 5) is 14.9. The van der Waals surface area contributed by atoms with Crippen LogP contribution >= 0.6 is 0 Å². The number of halogens is 1.